The molecule has 1 aromatic carbocycles. The minimum Gasteiger partial charge on any atom is -0.493 e. The van der Waals surface area contributed by atoms with Crippen molar-refractivity contribution in [2.45, 2.75) is 32.2 Å². The second kappa shape index (κ2) is 5.76. The zero-order chi connectivity index (χ0) is 14.9. The van der Waals surface area contributed by atoms with Gasteiger partial charge in [-0.3, -0.25) is 0 Å². The molecule has 0 aliphatic heterocycles. The molecular weight excluding hydrogens is 266 g/mol. The quantitative estimate of drug-likeness (QED) is 0.799. The van der Waals surface area contributed by atoms with E-state index in [-0.39, 0.29) is 0 Å². The van der Waals surface area contributed by atoms with Gasteiger partial charge in [0.1, 0.15) is 0 Å². The van der Waals surface area contributed by atoms with Crippen LogP contribution < -0.4 is 19.5 Å². The summed E-state index contributed by atoms with van der Waals surface area (Å²) in [6, 6.07) is 3.98. The lowest BCUT2D eigenvalue weighted by atomic mass is 10.0. The van der Waals surface area contributed by atoms with Gasteiger partial charge >= 0.3 is 0 Å². The maximum atomic E-state index is 5.52. The Morgan fingerprint density at radius 2 is 1.76 bits per heavy atom. The fraction of sp³-hybridized carbons (Fsp3) is 0.647. The topological polar surface area (TPSA) is 39.7 Å². The van der Waals surface area contributed by atoms with Crippen molar-refractivity contribution in [2.75, 3.05) is 27.9 Å². The van der Waals surface area contributed by atoms with E-state index < -0.39 is 0 Å². The van der Waals surface area contributed by atoms with Crippen LogP contribution in [-0.4, -0.2) is 27.9 Å². The van der Waals surface area contributed by atoms with E-state index in [4.69, 9.17) is 14.2 Å². The van der Waals surface area contributed by atoms with Crippen LogP contribution in [0.4, 0.5) is 0 Å². The van der Waals surface area contributed by atoms with Crippen LogP contribution in [0.5, 0.6) is 17.2 Å². The molecule has 2 fully saturated rings. The zero-order valence-electron chi connectivity index (χ0n) is 13.2. The molecule has 4 heteroatoms. The van der Waals surface area contributed by atoms with E-state index in [9.17, 15) is 0 Å². The average Bonchev–Trinajstić information content (AvgIpc) is 3.38. The van der Waals surface area contributed by atoms with Gasteiger partial charge in [0, 0.05) is 18.7 Å². The molecule has 1 N–H and O–H groups in total. The molecule has 0 radical (unpaired) electrons. The maximum absolute atomic E-state index is 5.52. The zero-order valence-corrected chi connectivity index (χ0v) is 13.2. The van der Waals surface area contributed by atoms with Crippen LogP contribution in [0.15, 0.2) is 12.1 Å². The highest BCUT2D eigenvalue weighted by Crippen LogP contribution is 2.60. The van der Waals surface area contributed by atoms with Crippen molar-refractivity contribution in [1.29, 1.82) is 0 Å². The fourth-order valence-corrected chi connectivity index (χ4v) is 3.33. The Labute approximate surface area is 126 Å². The Kier molecular flexibility index (Phi) is 3.98. The lowest BCUT2D eigenvalue weighted by Crippen LogP contribution is -2.25. The Hall–Kier alpha value is -1.42. The number of rotatable bonds is 8. The van der Waals surface area contributed by atoms with Crippen molar-refractivity contribution in [1.82, 2.24) is 5.32 Å². The van der Waals surface area contributed by atoms with Crippen molar-refractivity contribution in [3.63, 3.8) is 0 Å². The second-order valence-corrected chi connectivity index (χ2v) is 6.23. The van der Waals surface area contributed by atoms with Crippen molar-refractivity contribution >= 4 is 0 Å². The summed E-state index contributed by atoms with van der Waals surface area (Å²) in [6.07, 6.45) is 5.66. The molecule has 116 valence electrons. The van der Waals surface area contributed by atoms with Gasteiger partial charge in [0.2, 0.25) is 5.75 Å². The molecule has 0 bridgehead atoms. The van der Waals surface area contributed by atoms with Gasteiger partial charge < -0.3 is 19.5 Å². The molecule has 2 aliphatic rings. The van der Waals surface area contributed by atoms with Crippen LogP contribution in [-0.2, 0) is 6.54 Å². The summed E-state index contributed by atoms with van der Waals surface area (Å²) in [7, 11) is 4.96. The lowest BCUT2D eigenvalue weighted by Gasteiger charge is -2.18. The van der Waals surface area contributed by atoms with Gasteiger partial charge in [-0.1, -0.05) is 6.07 Å². The minimum absolute atomic E-state index is 0.615. The van der Waals surface area contributed by atoms with E-state index in [1.165, 1.54) is 25.7 Å². The molecule has 1 aromatic rings. The number of nitrogens with one attached hydrogen (secondary N) is 1. The molecule has 0 atom stereocenters. The molecule has 4 nitrogen and oxygen atoms in total. The minimum atomic E-state index is 0.615. The molecule has 21 heavy (non-hydrogen) atoms. The van der Waals surface area contributed by atoms with Crippen LogP contribution in [0.1, 0.15) is 31.2 Å². The third-order valence-electron chi connectivity index (χ3n) is 4.91. The van der Waals surface area contributed by atoms with Gasteiger partial charge in [-0.05, 0) is 43.1 Å². The normalized spacial score (nSPS) is 19.2. The van der Waals surface area contributed by atoms with Crippen molar-refractivity contribution in [3.8, 4) is 17.2 Å². The number of hydrogen-bond donors (Lipinski definition) is 1. The van der Waals surface area contributed by atoms with Gasteiger partial charge in [0.15, 0.2) is 11.5 Å². The maximum Gasteiger partial charge on any atom is 0.203 e. The van der Waals surface area contributed by atoms with E-state index in [1.807, 2.05) is 12.1 Å². The van der Waals surface area contributed by atoms with Crippen LogP contribution >= 0.6 is 0 Å². The summed E-state index contributed by atoms with van der Waals surface area (Å²) in [5, 5.41) is 3.61. The SMILES string of the molecule is COc1ccc(CNCC2(C3CC3)CC2)c(OC)c1OC. The molecule has 0 unspecified atom stereocenters. The number of methoxy groups -OCH3 is 3. The Morgan fingerprint density at radius 3 is 2.29 bits per heavy atom. The fourth-order valence-electron chi connectivity index (χ4n) is 3.33. The van der Waals surface area contributed by atoms with E-state index >= 15 is 0 Å². The molecule has 0 amide bonds. The number of ether oxygens (including phenoxy) is 3. The van der Waals surface area contributed by atoms with Crippen molar-refractivity contribution in [2.24, 2.45) is 11.3 Å². The van der Waals surface area contributed by atoms with Gasteiger partial charge in [0.05, 0.1) is 21.3 Å². The number of hydrogen-bond acceptors (Lipinski definition) is 4. The van der Waals surface area contributed by atoms with Gasteiger partial charge in [0.25, 0.3) is 0 Å². The van der Waals surface area contributed by atoms with Crippen molar-refractivity contribution in [3.05, 3.63) is 17.7 Å². The first-order valence-electron chi connectivity index (χ1n) is 7.72. The predicted octanol–water partition coefficient (Wildman–Crippen LogP) is 2.99. The van der Waals surface area contributed by atoms with E-state index in [0.717, 1.165) is 30.3 Å². The van der Waals surface area contributed by atoms with Crippen LogP contribution in [0.25, 0.3) is 0 Å². The number of benzene rings is 1. The van der Waals surface area contributed by atoms with Crippen LogP contribution in [0.2, 0.25) is 0 Å². The van der Waals surface area contributed by atoms with Gasteiger partial charge in [-0.15, -0.1) is 0 Å². The smallest absolute Gasteiger partial charge is 0.203 e. The third-order valence-corrected chi connectivity index (χ3v) is 4.91. The Bertz CT molecular complexity index is 507. The van der Waals surface area contributed by atoms with Gasteiger partial charge in [-0.25, -0.2) is 0 Å². The molecule has 3 rings (SSSR count). The standard InChI is InChI=1S/C17H25NO3/c1-19-14-7-4-12(15(20-2)16(14)21-3)10-18-11-17(8-9-17)13-5-6-13/h4,7,13,18H,5-6,8-11H2,1-3H3. The molecule has 2 saturated carbocycles. The average molecular weight is 291 g/mol. The lowest BCUT2D eigenvalue weighted by molar-refractivity contribution is 0.320. The Balaban J connectivity index is 1.67. The second-order valence-electron chi connectivity index (χ2n) is 6.23. The first-order valence-corrected chi connectivity index (χ1v) is 7.72. The first kappa shape index (κ1) is 14.5. The monoisotopic (exact) mass is 291 g/mol. The summed E-state index contributed by atoms with van der Waals surface area (Å²) in [4.78, 5) is 0. The molecule has 2 aliphatic carbocycles. The summed E-state index contributed by atoms with van der Waals surface area (Å²) >= 11 is 0. The summed E-state index contributed by atoms with van der Waals surface area (Å²) < 4.78 is 16.3. The molecule has 0 heterocycles. The van der Waals surface area contributed by atoms with Crippen molar-refractivity contribution < 1.29 is 14.2 Å². The van der Waals surface area contributed by atoms with Crippen LogP contribution in [0.3, 0.4) is 0 Å². The molecule has 0 spiro atoms. The predicted molar refractivity (Wildman–Crippen MR) is 82.2 cm³/mol. The largest absolute Gasteiger partial charge is 0.493 e. The summed E-state index contributed by atoms with van der Waals surface area (Å²) in [5.74, 6) is 3.12. The molecule has 0 aromatic heterocycles. The third kappa shape index (κ3) is 2.82. The van der Waals surface area contributed by atoms with E-state index in [0.29, 0.717) is 16.9 Å². The first-order chi connectivity index (χ1) is 10.2. The summed E-state index contributed by atoms with van der Waals surface area (Å²) in [5.41, 5.74) is 1.73. The molecular formula is C17H25NO3. The highest BCUT2D eigenvalue weighted by atomic mass is 16.5. The van der Waals surface area contributed by atoms with Crippen LogP contribution in [0, 0.1) is 11.3 Å². The van der Waals surface area contributed by atoms with E-state index in [1.54, 1.807) is 21.3 Å². The van der Waals surface area contributed by atoms with Gasteiger partial charge in [-0.2, -0.15) is 0 Å². The highest BCUT2D eigenvalue weighted by molar-refractivity contribution is 5.55. The van der Waals surface area contributed by atoms with E-state index in [2.05, 4.69) is 5.32 Å². The summed E-state index contributed by atoms with van der Waals surface area (Å²) in [6.45, 7) is 1.92. The highest BCUT2D eigenvalue weighted by Gasteiger charge is 2.53. The molecule has 0 saturated heterocycles. The Morgan fingerprint density at radius 1 is 1.05 bits per heavy atom.